The van der Waals surface area contributed by atoms with Gasteiger partial charge >= 0.3 is 0 Å². The summed E-state index contributed by atoms with van der Waals surface area (Å²) in [6.45, 7) is 7.27. The van der Waals surface area contributed by atoms with E-state index in [1.807, 2.05) is 54.7 Å². The van der Waals surface area contributed by atoms with Crippen molar-refractivity contribution in [3.63, 3.8) is 0 Å². The predicted octanol–water partition coefficient (Wildman–Crippen LogP) is 9.34. The van der Waals surface area contributed by atoms with Crippen molar-refractivity contribution in [1.29, 1.82) is 0 Å². The molecule has 6 aromatic rings. The van der Waals surface area contributed by atoms with Gasteiger partial charge in [-0.1, -0.05) is 86.1 Å². The number of nitrogens with zero attached hydrogens (tertiary/aromatic N) is 2. The Balaban J connectivity index is 0.000000454. The summed E-state index contributed by atoms with van der Waals surface area (Å²) in [5.41, 5.74) is 7.54. The molecule has 213 valence electrons. The maximum atomic E-state index is 10.0. The summed E-state index contributed by atoms with van der Waals surface area (Å²) in [6.07, 6.45) is 3.03. The fourth-order valence-electron chi connectivity index (χ4n) is 4.68. The molecule has 4 aromatic carbocycles. The monoisotopic (exact) mass is 732 g/mol. The molecule has 0 aliphatic carbocycles. The maximum absolute atomic E-state index is 10.0. The van der Waals surface area contributed by atoms with Gasteiger partial charge in [0.05, 0.1) is 11.3 Å². The van der Waals surface area contributed by atoms with Crippen LogP contribution in [-0.4, -0.2) is 20.9 Å². The van der Waals surface area contributed by atoms with Crippen LogP contribution in [0.3, 0.4) is 0 Å². The Kier molecular flexibility index (Phi) is 9.84. The van der Waals surface area contributed by atoms with E-state index in [9.17, 15) is 4.79 Å². The number of benzene rings is 4. The number of carbonyl (C=O) groups excluding carboxylic acids is 1. The zero-order valence-electron chi connectivity index (χ0n) is 23.9. The number of aliphatic hydroxyl groups is 1. The first-order valence-corrected chi connectivity index (χ1v) is 13.5. The quantitative estimate of drug-likeness (QED) is 0.109. The largest absolute Gasteiger partial charge is 0.512 e. The Morgan fingerprint density at radius 3 is 2.17 bits per heavy atom. The summed E-state index contributed by atoms with van der Waals surface area (Å²) >= 11 is 0. The average Bonchev–Trinajstić information content (AvgIpc) is 3.41. The van der Waals surface area contributed by atoms with Gasteiger partial charge < -0.3 is 14.5 Å². The van der Waals surface area contributed by atoms with Crippen LogP contribution < -0.4 is 0 Å². The second-order valence-corrected chi connectivity index (χ2v) is 10.2. The molecule has 1 N–H and O–H groups in total. The molecule has 5 nitrogen and oxygen atoms in total. The van der Waals surface area contributed by atoms with Crippen LogP contribution in [0.2, 0.25) is 0 Å². The minimum absolute atomic E-state index is 0. The van der Waals surface area contributed by atoms with Crippen LogP contribution in [0.15, 0.2) is 113 Å². The molecule has 0 saturated carbocycles. The summed E-state index contributed by atoms with van der Waals surface area (Å²) < 4.78 is 6.31. The zero-order chi connectivity index (χ0) is 28.9. The third-order valence-electron chi connectivity index (χ3n) is 6.64. The number of pyridine rings is 1. The van der Waals surface area contributed by atoms with Gasteiger partial charge in [0.1, 0.15) is 0 Å². The van der Waals surface area contributed by atoms with Crippen LogP contribution >= 0.6 is 0 Å². The third-order valence-corrected chi connectivity index (χ3v) is 6.64. The Hall–Kier alpha value is -4.38. The molecular formula is C36H31IrN2O3-. The number of allylic oxidation sites excluding steroid dienone is 2. The molecule has 0 atom stereocenters. The summed E-state index contributed by atoms with van der Waals surface area (Å²) in [6, 6.07) is 34.6. The number of aliphatic hydroxyl groups excluding tert-OH is 1. The van der Waals surface area contributed by atoms with Gasteiger partial charge in [0.15, 0.2) is 5.78 Å². The molecule has 1 radical (unpaired) electrons. The molecule has 6 heteroatoms. The Morgan fingerprint density at radius 1 is 0.905 bits per heavy atom. The Morgan fingerprint density at radius 2 is 1.57 bits per heavy atom. The van der Waals surface area contributed by atoms with Crippen molar-refractivity contribution < 1.29 is 34.4 Å². The summed E-state index contributed by atoms with van der Waals surface area (Å²) in [5, 5.41) is 10.6. The van der Waals surface area contributed by atoms with Gasteiger partial charge in [-0.3, -0.25) is 4.79 Å². The van der Waals surface area contributed by atoms with Crippen LogP contribution in [0.25, 0.3) is 55.7 Å². The minimum Gasteiger partial charge on any atom is -0.512 e. The Bertz CT molecular complexity index is 1860. The molecule has 0 aliphatic heterocycles. The van der Waals surface area contributed by atoms with Crippen molar-refractivity contribution in [2.75, 3.05) is 0 Å². The molecule has 0 amide bonds. The normalized spacial score (nSPS) is 11.2. The number of aromatic nitrogens is 2. The van der Waals surface area contributed by atoms with Gasteiger partial charge in [-0.05, 0) is 65.6 Å². The number of carbonyl (C=O) groups is 1. The Labute approximate surface area is 259 Å². The van der Waals surface area contributed by atoms with Crippen LogP contribution in [0.5, 0.6) is 0 Å². The van der Waals surface area contributed by atoms with Crippen molar-refractivity contribution in [3.8, 4) is 33.8 Å². The van der Waals surface area contributed by atoms with Crippen LogP contribution in [0, 0.1) is 6.07 Å². The van der Waals surface area contributed by atoms with Crippen molar-refractivity contribution in [2.24, 2.45) is 0 Å². The number of hydrogen-bond acceptors (Lipinski definition) is 5. The molecule has 0 unspecified atom stereocenters. The van der Waals surface area contributed by atoms with Gasteiger partial charge in [-0.2, -0.15) is 0 Å². The predicted molar refractivity (Wildman–Crippen MR) is 166 cm³/mol. The van der Waals surface area contributed by atoms with Crippen molar-refractivity contribution in [2.45, 2.75) is 33.6 Å². The standard InChI is InChI=1S/C31H23N2O.C5H8O2.Ir/c1-20(2)24-14-13-22-15-16-32-29(26(22)17-24)25-18-27(21-9-5-3-6-10-21)30-28(19-25)33-31(34-30)23-11-7-4-8-12-23;1-4(6)3-5(2)7;/h3-18,20H,1-2H3;3,6H,1-2H3;/q-1;;/b;4-3-;. The van der Waals surface area contributed by atoms with E-state index in [1.165, 1.54) is 25.5 Å². The van der Waals surface area contributed by atoms with Gasteiger partial charge in [-0.25, -0.2) is 4.98 Å². The van der Waals surface area contributed by atoms with Crippen LogP contribution in [0.4, 0.5) is 0 Å². The minimum atomic E-state index is -0.125. The van der Waals surface area contributed by atoms with Gasteiger partial charge in [0.2, 0.25) is 5.89 Å². The van der Waals surface area contributed by atoms with E-state index in [0.717, 1.165) is 44.3 Å². The van der Waals surface area contributed by atoms with Gasteiger partial charge in [-0.15, -0.1) is 17.7 Å². The summed E-state index contributed by atoms with van der Waals surface area (Å²) in [4.78, 5) is 19.6. The molecule has 2 heterocycles. The van der Waals surface area contributed by atoms with Crippen LogP contribution in [0.1, 0.15) is 39.2 Å². The molecular weight excluding hydrogens is 701 g/mol. The number of ketones is 1. The fraction of sp³-hybridized carbons (Fsp3) is 0.139. The van der Waals surface area contributed by atoms with E-state index in [0.29, 0.717) is 17.3 Å². The number of oxazole rings is 1. The molecule has 0 bridgehead atoms. The molecule has 0 fully saturated rings. The van der Waals surface area contributed by atoms with Crippen molar-refractivity contribution in [3.05, 3.63) is 121 Å². The molecule has 6 rings (SSSR count). The van der Waals surface area contributed by atoms with E-state index < -0.39 is 0 Å². The summed E-state index contributed by atoms with van der Waals surface area (Å²) in [5.74, 6) is 0.967. The third kappa shape index (κ3) is 6.91. The molecule has 0 saturated heterocycles. The molecule has 2 aromatic heterocycles. The smallest absolute Gasteiger partial charge is 0.216 e. The maximum Gasteiger partial charge on any atom is 0.216 e. The van der Waals surface area contributed by atoms with Crippen molar-refractivity contribution in [1.82, 2.24) is 9.97 Å². The van der Waals surface area contributed by atoms with E-state index >= 15 is 0 Å². The van der Waals surface area contributed by atoms with E-state index in [2.05, 4.69) is 62.4 Å². The average molecular weight is 732 g/mol. The molecule has 0 aliphatic rings. The van der Waals surface area contributed by atoms with Gasteiger partial charge in [0, 0.05) is 43.5 Å². The summed E-state index contributed by atoms with van der Waals surface area (Å²) in [7, 11) is 0. The van der Waals surface area contributed by atoms with E-state index in [4.69, 9.17) is 19.5 Å². The zero-order valence-corrected chi connectivity index (χ0v) is 26.3. The first kappa shape index (κ1) is 30.6. The molecule has 42 heavy (non-hydrogen) atoms. The second kappa shape index (κ2) is 13.5. The number of fused-ring (bicyclic) bond motifs is 2. The fourth-order valence-corrected chi connectivity index (χ4v) is 4.68. The van der Waals surface area contributed by atoms with Gasteiger partial charge in [0.25, 0.3) is 0 Å². The topological polar surface area (TPSA) is 76.2 Å². The SMILES string of the molecule is CC(=O)/C=C(/C)O.CC(C)c1ccc2ccnc(-c3[c-]c4nc(-c5ccccc5)oc4c(-c4ccccc4)c3)c2c1.[Ir]. The first-order chi connectivity index (χ1) is 19.8. The van der Waals surface area contributed by atoms with Crippen molar-refractivity contribution >= 4 is 27.7 Å². The van der Waals surface area contributed by atoms with E-state index in [1.54, 1.807) is 0 Å². The number of hydrogen-bond donors (Lipinski definition) is 1. The van der Waals surface area contributed by atoms with Crippen LogP contribution in [-0.2, 0) is 24.9 Å². The number of rotatable bonds is 5. The van der Waals surface area contributed by atoms with E-state index in [-0.39, 0.29) is 31.6 Å². The second-order valence-electron chi connectivity index (χ2n) is 10.2. The molecule has 0 spiro atoms. The first-order valence-electron chi connectivity index (χ1n) is 13.5.